The maximum absolute atomic E-state index is 10.7. The first kappa shape index (κ1) is 11.5. The minimum Gasteiger partial charge on any atom is -0.478 e. The Bertz CT molecular complexity index is 482. The van der Waals surface area contributed by atoms with Gasteiger partial charge in [-0.3, -0.25) is 0 Å². The van der Waals surface area contributed by atoms with Crippen LogP contribution in [-0.4, -0.2) is 27.0 Å². The molecule has 1 aromatic heterocycles. The second-order valence-corrected chi connectivity index (χ2v) is 4.21. The van der Waals surface area contributed by atoms with Gasteiger partial charge in [0.1, 0.15) is 6.33 Å². The SMILES string of the molecule is O=C(O)c1ccc(CCNc2ncns2)cc1. The number of rotatable bonds is 5. The monoisotopic (exact) mass is 249 g/mol. The number of carboxylic acid groups (broad SMARTS) is 1. The van der Waals surface area contributed by atoms with Crippen LogP contribution in [0, 0.1) is 0 Å². The second-order valence-electron chi connectivity index (χ2n) is 3.43. The molecule has 6 heteroatoms. The van der Waals surface area contributed by atoms with E-state index in [-0.39, 0.29) is 0 Å². The van der Waals surface area contributed by atoms with Crippen LogP contribution in [0.3, 0.4) is 0 Å². The first-order chi connectivity index (χ1) is 8.25. The molecular weight excluding hydrogens is 238 g/mol. The van der Waals surface area contributed by atoms with Crippen LogP contribution in [0.25, 0.3) is 0 Å². The van der Waals surface area contributed by atoms with E-state index in [0.717, 1.165) is 23.7 Å². The van der Waals surface area contributed by atoms with Crippen LogP contribution in [0.4, 0.5) is 5.13 Å². The van der Waals surface area contributed by atoms with Crippen LogP contribution < -0.4 is 5.32 Å². The number of carbonyl (C=O) groups is 1. The number of nitrogens with zero attached hydrogens (tertiary/aromatic N) is 2. The summed E-state index contributed by atoms with van der Waals surface area (Å²) in [4.78, 5) is 14.7. The van der Waals surface area contributed by atoms with Crippen LogP contribution in [0.1, 0.15) is 15.9 Å². The number of hydrogen-bond acceptors (Lipinski definition) is 5. The topological polar surface area (TPSA) is 75.1 Å². The molecule has 88 valence electrons. The summed E-state index contributed by atoms with van der Waals surface area (Å²) in [5.41, 5.74) is 1.40. The van der Waals surface area contributed by atoms with E-state index in [4.69, 9.17) is 5.11 Å². The quantitative estimate of drug-likeness (QED) is 0.846. The minimum absolute atomic E-state index is 0.311. The third-order valence-electron chi connectivity index (χ3n) is 2.25. The molecule has 0 aliphatic heterocycles. The number of hydrogen-bond donors (Lipinski definition) is 2. The van der Waals surface area contributed by atoms with Crippen LogP contribution in [0.15, 0.2) is 30.6 Å². The smallest absolute Gasteiger partial charge is 0.335 e. The molecular formula is C11H11N3O2S. The van der Waals surface area contributed by atoms with Crippen molar-refractivity contribution < 1.29 is 9.90 Å². The molecule has 0 unspecified atom stereocenters. The Morgan fingerprint density at radius 2 is 2.12 bits per heavy atom. The Morgan fingerprint density at radius 1 is 1.35 bits per heavy atom. The maximum atomic E-state index is 10.7. The summed E-state index contributed by atoms with van der Waals surface area (Å²) in [7, 11) is 0. The van der Waals surface area contributed by atoms with E-state index in [9.17, 15) is 4.79 Å². The minimum atomic E-state index is -0.900. The van der Waals surface area contributed by atoms with Crippen molar-refractivity contribution in [3.05, 3.63) is 41.7 Å². The molecule has 1 aromatic carbocycles. The van der Waals surface area contributed by atoms with Crippen molar-refractivity contribution >= 4 is 22.6 Å². The maximum Gasteiger partial charge on any atom is 0.335 e. The molecule has 0 aliphatic rings. The van der Waals surface area contributed by atoms with Crippen molar-refractivity contribution in [1.82, 2.24) is 9.36 Å². The van der Waals surface area contributed by atoms with Gasteiger partial charge in [0.05, 0.1) is 5.56 Å². The summed E-state index contributed by atoms with van der Waals surface area (Å²) >= 11 is 1.31. The van der Waals surface area contributed by atoms with Gasteiger partial charge in [0.15, 0.2) is 0 Å². The zero-order valence-corrected chi connectivity index (χ0v) is 9.78. The zero-order chi connectivity index (χ0) is 12.1. The molecule has 0 spiro atoms. The lowest BCUT2D eigenvalue weighted by Gasteiger charge is -2.03. The highest BCUT2D eigenvalue weighted by molar-refractivity contribution is 7.09. The Hall–Kier alpha value is -1.95. The van der Waals surface area contributed by atoms with Crippen molar-refractivity contribution in [2.24, 2.45) is 0 Å². The number of carboxylic acids is 1. The Balaban J connectivity index is 1.85. The van der Waals surface area contributed by atoms with Crippen molar-refractivity contribution in [2.45, 2.75) is 6.42 Å². The molecule has 0 bridgehead atoms. The van der Waals surface area contributed by atoms with Gasteiger partial charge in [0, 0.05) is 18.1 Å². The molecule has 2 rings (SSSR count). The Morgan fingerprint density at radius 3 is 2.71 bits per heavy atom. The second kappa shape index (κ2) is 5.40. The Labute approximate surface area is 102 Å². The summed E-state index contributed by atoms with van der Waals surface area (Å²) in [6.07, 6.45) is 2.33. The van der Waals surface area contributed by atoms with E-state index in [2.05, 4.69) is 14.7 Å². The number of aromatic carboxylic acids is 1. The van der Waals surface area contributed by atoms with E-state index >= 15 is 0 Å². The molecule has 0 saturated heterocycles. The standard InChI is InChI=1S/C11H11N3O2S/c15-10(16)9-3-1-8(2-4-9)5-6-12-11-13-7-14-17-11/h1-4,7H,5-6H2,(H,15,16)(H,12,13,14). The van der Waals surface area contributed by atoms with E-state index in [0.29, 0.717) is 5.56 Å². The van der Waals surface area contributed by atoms with Gasteiger partial charge in [-0.05, 0) is 24.1 Å². The van der Waals surface area contributed by atoms with Crippen LogP contribution >= 0.6 is 11.5 Å². The predicted molar refractivity (Wildman–Crippen MR) is 65.5 cm³/mol. The lowest BCUT2D eigenvalue weighted by molar-refractivity contribution is 0.0697. The van der Waals surface area contributed by atoms with Crippen molar-refractivity contribution in [1.29, 1.82) is 0 Å². The molecule has 0 amide bonds. The lowest BCUT2D eigenvalue weighted by Crippen LogP contribution is -2.04. The van der Waals surface area contributed by atoms with Gasteiger partial charge in [-0.15, -0.1) is 0 Å². The predicted octanol–water partition coefficient (Wildman–Crippen LogP) is 1.89. The van der Waals surface area contributed by atoms with Gasteiger partial charge in [-0.2, -0.15) is 4.37 Å². The molecule has 0 fully saturated rings. The van der Waals surface area contributed by atoms with E-state index in [1.54, 1.807) is 12.1 Å². The van der Waals surface area contributed by atoms with E-state index < -0.39 is 5.97 Å². The third-order valence-corrected chi connectivity index (χ3v) is 2.87. The first-order valence-electron chi connectivity index (χ1n) is 5.08. The van der Waals surface area contributed by atoms with E-state index in [1.807, 2.05) is 12.1 Å². The van der Waals surface area contributed by atoms with Gasteiger partial charge >= 0.3 is 5.97 Å². The van der Waals surface area contributed by atoms with Crippen LogP contribution in [0.2, 0.25) is 0 Å². The summed E-state index contributed by atoms with van der Waals surface area (Å²) in [5.74, 6) is -0.900. The fourth-order valence-corrected chi connectivity index (χ4v) is 1.83. The molecule has 1 heterocycles. The molecule has 0 aliphatic carbocycles. The summed E-state index contributed by atoms with van der Waals surface area (Å²) < 4.78 is 3.88. The zero-order valence-electron chi connectivity index (χ0n) is 8.96. The number of aromatic nitrogens is 2. The summed E-state index contributed by atoms with van der Waals surface area (Å²) in [5, 5.41) is 12.7. The molecule has 17 heavy (non-hydrogen) atoms. The van der Waals surface area contributed by atoms with Gasteiger partial charge in [0.2, 0.25) is 5.13 Å². The average molecular weight is 249 g/mol. The van der Waals surface area contributed by atoms with Crippen molar-refractivity contribution in [3.63, 3.8) is 0 Å². The molecule has 0 saturated carbocycles. The molecule has 0 atom stereocenters. The summed E-state index contributed by atoms with van der Waals surface area (Å²) in [6, 6.07) is 6.88. The molecule has 0 radical (unpaired) electrons. The molecule has 2 aromatic rings. The summed E-state index contributed by atoms with van der Waals surface area (Å²) in [6.45, 7) is 0.752. The van der Waals surface area contributed by atoms with Crippen molar-refractivity contribution in [2.75, 3.05) is 11.9 Å². The third kappa shape index (κ3) is 3.25. The Kier molecular flexibility index (Phi) is 3.66. The number of anilines is 1. The normalized spacial score (nSPS) is 10.1. The average Bonchev–Trinajstić information content (AvgIpc) is 2.83. The fourth-order valence-electron chi connectivity index (χ4n) is 1.38. The highest BCUT2D eigenvalue weighted by Gasteiger charge is 2.01. The van der Waals surface area contributed by atoms with Crippen molar-refractivity contribution in [3.8, 4) is 0 Å². The van der Waals surface area contributed by atoms with Gasteiger partial charge in [-0.25, -0.2) is 9.78 Å². The first-order valence-corrected chi connectivity index (χ1v) is 5.86. The molecule has 5 nitrogen and oxygen atoms in total. The largest absolute Gasteiger partial charge is 0.478 e. The fraction of sp³-hybridized carbons (Fsp3) is 0.182. The van der Waals surface area contributed by atoms with E-state index in [1.165, 1.54) is 17.9 Å². The highest BCUT2D eigenvalue weighted by atomic mass is 32.1. The van der Waals surface area contributed by atoms with Gasteiger partial charge < -0.3 is 10.4 Å². The van der Waals surface area contributed by atoms with Crippen LogP contribution in [-0.2, 0) is 6.42 Å². The van der Waals surface area contributed by atoms with Crippen LogP contribution in [0.5, 0.6) is 0 Å². The lowest BCUT2D eigenvalue weighted by atomic mass is 10.1. The molecule has 2 N–H and O–H groups in total. The number of benzene rings is 1. The van der Waals surface area contributed by atoms with Gasteiger partial charge in [0.25, 0.3) is 0 Å². The van der Waals surface area contributed by atoms with Gasteiger partial charge in [-0.1, -0.05) is 12.1 Å². The highest BCUT2D eigenvalue weighted by Crippen LogP contribution is 2.08. The number of nitrogens with one attached hydrogen (secondary N) is 1.